The van der Waals surface area contributed by atoms with Gasteiger partial charge in [0.2, 0.25) is 0 Å². The second-order valence-electron chi connectivity index (χ2n) is 9.44. The van der Waals surface area contributed by atoms with Gasteiger partial charge in [-0.15, -0.1) is 0 Å². The highest BCUT2D eigenvalue weighted by molar-refractivity contribution is 7.65. The Hall–Kier alpha value is -1.89. The van der Waals surface area contributed by atoms with Crippen LogP contribution < -0.4 is 0 Å². The first-order chi connectivity index (χ1) is 12.8. The molecule has 0 aromatic rings. The van der Waals surface area contributed by atoms with E-state index in [2.05, 4.69) is 0 Å². The highest BCUT2D eigenvalue weighted by Gasteiger charge is 2.80. The van der Waals surface area contributed by atoms with Crippen molar-refractivity contribution in [3.63, 3.8) is 0 Å². The van der Waals surface area contributed by atoms with Crippen LogP contribution in [0, 0.1) is 0 Å². The van der Waals surface area contributed by atoms with E-state index in [1.165, 1.54) is 13.3 Å². The second kappa shape index (κ2) is 7.74. The third-order valence-corrected chi connectivity index (χ3v) is 4.70. The number of rotatable bonds is 4. The van der Waals surface area contributed by atoms with E-state index in [0.29, 0.717) is 4.90 Å². The molecule has 0 heterocycles. The summed E-state index contributed by atoms with van der Waals surface area (Å²) in [5.74, 6) is -0.0107. The summed E-state index contributed by atoms with van der Waals surface area (Å²) >= 11 is 0. The number of ether oxygens (including phenoxy) is 3. The minimum atomic E-state index is -2.79. The summed E-state index contributed by atoms with van der Waals surface area (Å²) in [5.41, 5.74) is -6.85. The van der Waals surface area contributed by atoms with E-state index < -0.39 is 54.1 Å². The molecule has 0 aliphatic heterocycles. The molecule has 1 aliphatic rings. The van der Waals surface area contributed by atoms with Crippen molar-refractivity contribution in [1.29, 1.82) is 0 Å². The maximum atomic E-state index is 15.7. The number of imide groups is 1. The molecule has 2 amide bonds. The van der Waals surface area contributed by atoms with Crippen molar-refractivity contribution in [2.24, 2.45) is 0 Å². The van der Waals surface area contributed by atoms with Crippen LogP contribution in [0.1, 0.15) is 48.0 Å². The Morgan fingerprint density at radius 1 is 1.00 bits per heavy atom. The maximum absolute atomic E-state index is 15.7. The van der Waals surface area contributed by atoms with E-state index in [1.807, 2.05) is 0 Å². The van der Waals surface area contributed by atoms with Crippen LogP contribution >= 0.6 is 7.14 Å². The number of carbonyl (C=O) groups excluding carboxylic acids is 3. The SMILES string of the molecule is COC(=O)[C@@]1(N(C(=O)OC(C)(C)C)C(=O)OC(C)(C)C)C[C@@]1(F)/C=C/P(C)(C)=O. The lowest BCUT2D eigenvalue weighted by Crippen LogP contribution is -2.57. The van der Waals surface area contributed by atoms with Gasteiger partial charge in [-0.3, -0.25) is 0 Å². The third-order valence-electron chi connectivity index (χ3n) is 3.83. The Morgan fingerprint density at radius 2 is 1.41 bits per heavy atom. The van der Waals surface area contributed by atoms with Gasteiger partial charge < -0.3 is 18.8 Å². The Labute approximate surface area is 171 Å². The molecule has 0 radical (unpaired) electrons. The summed E-state index contributed by atoms with van der Waals surface area (Å²) in [5, 5.41) is 0. The molecule has 0 aromatic heterocycles. The van der Waals surface area contributed by atoms with Gasteiger partial charge >= 0.3 is 18.2 Å². The fraction of sp³-hybridized carbons (Fsp3) is 0.737. The molecule has 0 saturated heterocycles. The van der Waals surface area contributed by atoms with E-state index >= 15 is 4.39 Å². The Bertz CT molecular complexity index is 733. The molecule has 1 aliphatic carbocycles. The summed E-state index contributed by atoms with van der Waals surface area (Å²) < 4.78 is 42.8. The fourth-order valence-corrected chi connectivity index (χ4v) is 3.19. The molecule has 10 heteroatoms. The molecule has 0 aromatic carbocycles. The predicted octanol–water partition coefficient (Wildman–Crippen LogP) is 4.32. The van der Waals surface area contributed by atoms with Gasteiger partial charge in [0.25, 0.3) is 0 Å². The first-order valence-corrected chi connectivity index (χ1v) is 11.7. The van der Waals surface area contributed by atoms with Gasteiger partial charge in [0, 0.05) is 6.42 Å². The third kappa shape index (κ3) is 6.04. The van der Waals surface area contributed by atoms with Gasteiger partial charge in [0.1, 0.15) is 18.3 Å². The predicted molar refractivity (Wildman–Crippen MR) is 106 cm³/mol. The number of hydrogen-bond acceptors (Lipinski definition) is 7. The Kier molecular flexibility index (Phi) is 6.71. The summed E-state index contributed by atoms with van der Waals surface area (Å²) in [7, 11) is -1.77. The molecule has 166 valence electrons. The van der Waals surface area contributed by atoms with Crippen LogP contribution in [0.5, 0.6) is 0 Å². The number of carbonyl (C=O) groups is 3. The van der Waals surface area contributed by atoms with Gasteiger partial charge in [0.15, 0.2) is 11.2 Å². The zero-order valence-corrected chi connectivity index (χ0v) is 19.4. The number of amides is 2. The number of nitrogens with zero attached hydrogens (tertiary/aromatic N) is 1. The summed E-state index contributed by atoms with van der Waals surface area (Å²) in [6.45, 7) is 12.2. The monoisotopic (exact) mass is 435 g/mol. The summed E-state index contributed by atoms with van der Waals surface area (Å²) in [6.07, 6.45) is -2.13. The van der Waals surface area contributed by atoms with E-state index in [0.717, 1.165) is 19.0 Å². The summed E-state index contributed by atoms with van der Waals surface area (Å²) in [4.78, 5) is 38.6. The lowest BCUT2D eigenvalue weighted by molar-refractivity contribution is -0.150. The molecular formula is C19H31FNO7P. The minimum absolute atomic E-state index is 0.329. The van der Waals surface area contributed by atoms with E-state index in [9.17, 15) is 18.9 Å². The van der Waals surface area contributed by atoms with Gasteiger partial charge in [-0.1, -0.05) is 0 Å². The normalized spacial score (nSPS) is 24.8. The topological polar surface area (TPSA) is 99.2 Å². The quantitative estimate of drug-likeness (QED) is 0.368. The average Bonchev–Trinajstić information content (AvgIpc) is 3.07. The first kappa shape index (κ1) is 25.1. The first-order valence-electron chi connectivity index (χ1n) is 9.07. The summed E-state index contributed by atoms with van der Waals surface area (Å²) in [6, 6.07) is 0. The number of alkyl halides is 1. The number of hydrogen-bond donors (Lipinski definition) is 0. The smallest absolute Gasteiger partial charge is 0.421 e. The highest BCUT2D eigenvalue weighted by Crippen LogP contribution is 2.59. The fourth-order valence-electron chi connectivity index (χ4n) is 2.59. The highest BCUT2D eigenvalue weighted by atomic mass is 31.2. The van der Waals surface area contributed by atoms with Crippen molar-refractivity contribution < 1.29 is 37.5 Å². The molecule has 1 saturated carbocycles. The maximum Gasteiger partial charge on any atom is 0.421 e. The Balaban J connectivity index is 3.53. The lowest BCUT2D eigenvalue weighted by atomic mass is 10.1. The molecular weight excluding hydrogens is 404 g/mol. The van der Waals surface area contributed by atoms with Crippen LogP contribution in [0.2, 0.25) is 0 Å². The standard InChI is InChI=1S/C19H31FNO7P/c1-16(2,3)27-14(23)21(15(24)28-17(4,5)6)19(13(22)26-7)12-18(19,20)10-11-29(8,9)25/h10-11H,12H2,1-9H3/b11-10+/t18-,19-/m0/s1. The molecule has 0 bridgehead atoms. The minimum Gasteiger partial charge on any atom is -0.467 e. The van der Waals surface area contributed by atoms with Gasteiger partial charge in [-0.25, -0.2) is 18.8 Å². The number of esters is 1. The molecule has 8 nitrogen and oxygen atoms in total. The molecule has 0 unspecified atom stereocenters. The van der Waals surface area contributed by atoms with Crippen molar-refractivity contribution in [1.82, 2.24) is 4.90 Å². The van der Waals surface area contributed by atoms with Crippen LogP contribution in [-0.2, 0) is 23.6 Å². The van der Waals surface area contributed by atoms with Gasteiger partial charge in [0.05, 0.1) is 7.11 Å². The second-order valence-corrected chi connectivity index (χ2v) is 12.6. The van der Waals surface area contributed by atoms with Gasteiger partial charge in [-0.2, -0.15) is 4.90 Å². The van der Waals surface area contributed by atoms with Crippen molar-refractivity contribution in [3.05, 3.63) is 11.9 Å². The lowest BCUT2D eigenvalue weighted by Gasteiger charge is -2.33. The van der Waals surface area contributed by atoms with E-state index in [1.54, 1.807) is 41.5 Å². The van der Waals surface area contributed by atoms with E-state index in [4.69, 9.17) is 14.2 Å². The zero-order valence-electron chi connectivity index (χ0n) is 18.5. The van der Waals surface area contributed by atoms with Crippen molar-refractivity contribution in [3.8, 4) is 0 Å². The Morgan fingerprint density at radius 3 is 1.72 bits per heavy atom. The van der Waals surface area contributed by atoms with Crippen LogP contribution in [0.4, 0.5) is 14.0 Å². The zero-order chi connectivity index (χ0) is 23.1. The van der Waals surface area contributed by atoms with Crippen molar-refractivity contribution >= 4 is 25.3 Å². The molecule has 29 heavy (non-hydrogen) atoms. The van der Waals surface area contributed by atoms with Crippen LogP contribution in [-0.4, -0.2) is 65.9 Å². The van der Waals surface area contributed by atoms with Crippen molar-refractivity contribution in [2.75, 3.05) is 20.4 Å². The van der Waals surface area contributed by atoms with Crippen LogP contribution in [0.3, 0.4) is 0 Å². The molecule has 1 fully saturated rings. The van der Waals surface area contributed by atoms with Gasteiger partial charge in [-0.05, 0) is 66.8 Å². The molecule has 1 rings (SSSR count). The average molecular weight is 435 g/mol. The largest absolute Gasteiger partial charge is 0.467 e. The molecule has 0 N–H and O–H groups in total. The van der Waals surface area contributed by atoms with Crippen molar-refractivity contribution in [2.45, 2.75) is 70.4 Å². The number of halogens is 1. The van der Waals surface area contributed by atoms with E-state index in [-0.39, 0.29) is 0 Å². The van der Waals surface area contributed by atoms with Crippen LogP contribution in [0.15, 0.2) is 11.9 Å². The molecule has 2 atom stereocenters. The van der Waals surface area contributed by atoms with Crippen LogP contribution in [0.25, 0.3) is 0 Å². The number of methoxy groups -OCH3 is 1. The molecule has 0 spiro atoms.